The van der Waals surface area contributed by atoms with Crippen LogP contribution in [0.2, 0.25) is 0 Å². The fraction of sp³-hybridized carbons (Fsp3) is 0.188. The number of aryl methyl sites for hydroxylation is 1. The van der Waals surface area contributed by atoms with Gasteiger partial charge in [0.05, 0.1) is 0 Å². The van der Waals surface area contributed by atoms with Crippen molar-refractivity contribution in [2.45, 2.75) is 19.3 Å². The number of hydrogen-bond donors (Lipinski definition) is 0. The predicted molar refractivity (Wildman–Crippen MR) is 85.6 cm³/mol. The van der Waals surface area contributed by atoms with Gasteiger partial charge in [-0.15, -0.1) is 0 Å². The molecule has 0 radical (unpaired) electrons. The van der Waals surface area contributed by atoms with Gasteiger partial charge >= 0.3 is 0 Å². The Morgan fingerprint density at radius 1 is 0.947 bits per heavy atom. The lowest BCUT2D eigenvalue weighted by Gasteiger charge is -2.04. The van der Waals surface area contributed by atoms with E-state index in [1.165, 1.54) is 5.56 Å². The first-order valence-electron chi connectivity index (χ1n) is 6.18. The second-order valence-electron chi connectivity index (χ2n) is 4.42. The molecular weight excluding hydrogens is 368 g/mol. The highest BCUT2D eigenvalue weighted by Gasteiger charge is 2.07. The molecule has 98 valence electrons. The Bertz CT molecular complexity index is 544. The zero-order valence-electron chi connectivity index (χ0n) is 10.4. The number of benzene rings is 2. The van der Waals surface area contributed by atoms with E-state index in [1.54, 1.807) is 0 Å². The van der Waals surface area contributed by atoms with Crippen molar-refractivity contribution >= 4 is 37.6 Å². The van der Waals surface area contributed by atoms with Gasteiger partial charge in [-0.1, -0.05) is 62.2 Å². The SMILES string of the molecule is O=C(CCCc1ccccc1)c1cc(Br)cc(Br)c1. The maximum absolute atomic E-state index is 12.1. The predicted octanol–water partition coefficient (Wildman–Crippen LogP) is 5.42. The lowest BCUT2D eigenvalue weighted by atomic mass is 10.0. The van der Waals surface area contributed by atoms with Crippen molar-refractivity contribution < 1.29 is 4.79 Å². The molecule has 0 spiro atoms. The van der Waals surface area contributed by atoms with Gasteiger partial charge in [-0.25, -0.2) is 0 Å². The summed E-state index contributed by atoms with van der Waals surface area (Å²) in [5, 5.41) is 0. The van der Waals surface area contributed by atoms with Crippen LogP contribution in [0.1, 0.15) is 28.8 Å². The Hall–Kier alpha value is -0.930. The molecule has 0 saturated carbocycles. The van der Waals surface area contributed by atoms with Crippen LogP contribution in [-0.4, -0.2) is 5.78 Å². The first kappa shape index (κ1) is 14.5. The van der Waals surface area contributed by atoms with E-state index in [-0.39, 0.29) is 5.78 Å². The summed E-state index contributed by atoms with van der Waals surface area (Å²) in [5.41, 5.74) is 2.04. The second kappa shape index (κ2) is 7.01. The van der Waals surface area contributed by atoms with Crippen molar-refractivity contribution in [3.63, 3.8) is 0 Å². The summed E-state index contributed by atoms with van der Waals surface area (Å²) in [4.78, 5) is 12.1. The van der Waals surface area contributed by atoms with E-state index >= 15 is 0 Å². The molecule has 0 saturated heterocycles. The second-order valence-corrected chi connectivity index (χ2v) is 6.25. The summed E-state index contributed by atoms with van der Waals surface area (Å²) >= 11 is 6.81. The Morgan fingerprint density at radius 3 is 2.21 bits per heavy atom. The summed E-state index contributed by atoms with van der Waals surface area (Å²) in [7, 11) is 0. The minimum Gasteiger partial charge on any atom is -0.294 e. The maximum Gasteiger partial charge on any atom is 0.162 e. The largest absolute Gasteiger partial charge is 0.294 e. The van der Waals surface area contributed by atoms with E-state index < -0.39 is 0 Å². The van der Waals surface area contributed by atoms with Crippen molar-refractivity contribution in [1.82, 2.24) is 0 Å². The van der Waals surface area contributed by atoms with Gasteiger partial charge in [-0.3, -0.25) is 4.79 Å². The Labute approximate surface area is 130 Å². The van der Waals surface area contributed by atoms with E-state index in [1.807, 2.05) is 36.4 Å². The highest BCUT2D eigenvalue weighted by molar-refractivity contribution is 9.11. The van der Waals surface area contributed by atoms with Crippen molar-refractivity contribution in [3.8, 4) is 0 Å². The third-order valence-corrected chi connectivity index (χ3v) is 3.81. The summed E-state index contributed by atoms with van der Waals surface area (Å²) in [6.07, 6.45) is 2.41. The van der Waals surface area contributed by atoms with Crippen LogP contribution in [0, 0.1) is 0 Å². The lowest BCUT2D eigenvalue weighted by molar-refractivity contribution is 0.0980. The van der Waals surface area contributed by atoms with Gasteiger partial charge in [-0.05, 0) is 36.6 Å². The minimum absolute atomic E-state index is 0.193. The first-order chi connectivity index (χ1) is 9.15. The molecule has 0 N–H and O–H groups in total. The molecular formula is C16H14Br2O. The molecule has 2 aromatic rings. The van der Waals surface area contributed by atoms with Gasteiger partial charge in [0.25, 0.3) is 0 Å². The third kappa shape index (κ3) is 4.59. The third-order valence-electron chi connectivity index (χ3n) is 2.90. The van der Waals surface area contributed by atoms with E-state index in [4.69, 9.17) is 0 Å². The van der Waals surface area contributed by atoms with E-state index in [2.05, 4.69) is 44.0 Å². The molecule has 0 bridgehead atoms. The average molecular weight is 382 g/mol. The van der Waals surface area contributed by atoms with Crippen LogP contribution in [0.25, 0.3) is 0 Å². The zero-order chi connectivity index (χ0) is 13.7. The van der Waals surface area contributed by atoms with Crippen molar-refractivity contribution in [1.29, 1.82) is 0 Å². The summed E-state index contributed by atoms with van der Waals surface area (Å²) < 4.78 is 1.85. The fourth-order valence-corrected chi connectivity index (χ4v) is 3.25. The van der Waals surface area contributed by atoms with E-state index in [0.717, 1.165) is 27.4 Å². The molecule has 19 heavy (non-hydrogen) atoms. The molecule has 0 aliphatic rings. The van der Waals surface area contributed by atoms with Gasteiger partial charge in [0.15, 0.2) is 5.78 Å². The van der Waals surface area contributed by atoms with Crippen molar-refractivity contribution in [3.05, 3.63) is 68.6 Å². The van der Waals surface area contributed by atoms with Crippen LogP contribution in [-0.2, 0) is 6.42 Å². The van der Waals surface area contributed by atoms with Crippen LogP contribution in [0.5, 0.6) is 0 Å². The van der Waals surface area contributed by atoms with Crippen LogP contribution in [0.3, 0.4) is 0 Å². The van der Waals surface area contributed by atoms with Crippen LogP contribution in [0.15, 0.2) is 57.5 Å². The van der Waals surface area contributed by atoms with Gasteiger partial charge in [0, 0.05) is 20.9 Å². The molecule has 3 heteroatoms. The molecule has 0 aliphatic carbocycles. The van der Waals surface area contributed by atoms with Crippen LogP contribution >= 0.6 is 31.9 Å². The maximum atomic E-state index is 12.1. The fourth-order valence-electron chi connectivity index (χ4n) is 1.96. The highest BCUT2D eigenvalue weighted by atomic mass is 79.9. The number of carbonyl (C=O) groups excluding carboxylic acids is 1. The first-order valence-corrected chi connectivity index (χ1v) is 7.77. The van der Waals surface area contributed by atoms with Crippen molar-refractivity contribution in [2.24, 2.45) is 0 Å². The minimum atomic E-state index is 0.193. The quantitative estimate of drug-likeness (QED) is 0.632. The molecule has 0 amide bonds. The Kier molecular flexibility index (Phi) is 5.34. The topological polar surface area (TPSA) is 17.1 Å². The molecule has 2 rings (SSSR count). The molecule has 0 aliphatic heterocycles. The van der Waals surface area contributed by atoms with Crippen LogP contribution in [0.4, 0.5) is 0 Å². The average Bonchev–Trinajstić information content (AvgIpc) is 2.38. The number of hydrogen-bond acceptors (Lipinski definition) is 1. The zero-order valence-corrected chi connectivity index (χ0v) is 13.6. The molecule has 0 fully saturated rings. The Balaban J connectivity index is 1.91. The number of Topliss-reactive ketones (excluding diaryl/α,β-unsaturated/α-hetero) is 1. The van der Waals surface area contributed by atoms with Crippen LogP contribution < -0.4 is 0 Å². The van der Waals surface area contributed by atoms with Gasteiger partial charge in [0.2, 0.25) is 0 Å². The number of rotatable bonds is 5. The molecule has 0 atom stereocenters. The van der Waals surface area contributed by atoms with E-state index in [0.29, 0.717) is 6.42 Å². The smallest absolute Gasteiger partial charge is 0.162 e. The van der Waals surface area contributed by atoms with E-state index in [9.17, 15) is 4.79 Å². The molecule has 0 aromatic heterocycles. The summed E-state index contributed by atoms with van der Waals surface area (Å²) in [6.45, 7) is 0. The molecule has 1 nitrogen and oxygen atoms in total. The molecule has 0 heterocycles. The monoisotopic (exact) mass is 380 g/mol. The molecule has 0 unspecified atom stereocenters. The number of carbonyl (C=O) groups is 1. The van der Waals surface area contributed by atoms with Gasteiger partial charge in [-0.2, -0.15) is 0 Å². The normalized spacial score (nSPS) is 10.4. The highest BCUT2D eigenvalue weighted by Crippen LogP contribution is 2.21. The summed E-state index contributed by atoms with van der Waals surface area (Å²) in [6, 6.07) is 15.9. The molecule has 2 aromatic carbocycles. The van der Waals surface area contributed by atoms with Gasteiger partial charge in [0.1, 0.15) is 0 Å². The summed E-state index contributed by atoms with van der Waals surface area (Å²) in [5.74, 6) is 0.193. The van der Waals surface area contributed by atoms with Gasteiger partial charge < -0.3 is 0 Å². The standard InChI is InChI=1S/C16H14Br2O/c17-14-9-13(10-15(18)11-14)16(19)8-4-7-12-5-2-1-3-6-12/h1-3,5-6,9-11H,4,7-8H2. The number of halogens is 2. The lowest BCUT2D eigenvalue weighted by Crippen LogP contribution is -2.00. The number of ketones is 1. The Morgan fingerprint density at radius 2 is 1.58 bits per heavy atom. The van der Waals surface area contributed by atoms with Crippen molar-refractivity contribution in [2.75, 3.05) is 0 Å².